The molecule has 0 spiro atoms. The first kappa shape index (κ1) is 20.8. The molecule has 1 amide bonds. The van der Waals surface area contributed by atoms with E-state index >= 15 is 0 Å². The van der Waals surface area contributed by atoms with E-state index in [4.69, 9.17) is 4.98 Å². The summed E-state index contributed by atoms with van der Waals surface area (Å²) in [6.45, 7) is 1.79. The van der Waals surface area contributed by atoms with Crippen LogP contribution in [0.4, 0.5) is 0 Å². The summed E-state index contributed by atoms with van der Waals surface area (Å²) in [6.07, 6.45) is -0.622. The lowest BCUT2D eigenvalue weighted by Gasteiger charge is -2.29. The molecular formula is C25H25N3O3. The second-order valence-corrected chi connectivity index (χ2v) is 7.70. The van der Waals surface area contributed by atoms with Gasteiger partial charge in [0.2, 0.25) is 0 Å². The van der Waals surface area contributed by atoms with Gasteiger partial charge < -0.3 is 20.1 Å². The molecule has 0 bridgehead atoms. The molecule has 1 heterocycles. The van der Waals surface area contributed by atoms with Gasteiger partial charge in [0.1, 0.15) is 0 Å². The molecule has 0 saturated carbocycles. The van der Waals surface area contributed by atoms with Gasteiger partial charge in [-0.15, -0.1) is 0 Å². The van der Waals surface area contributed by atoms with Crippen LogP contribution in [0, 0.1) is 0 Å². The average molecular weight is 415 g/mol. The third-order valence-corrected chi connectivity index (χ3v) is 5.41. The lowest BCUT2D eigenvalue weighted by Crippen LogP contribution is -2.32. The summed E-state index contributed by atoms with van der Waals surface area (Å²) in [7, 11) is 1.83. The molecule has 0 aliphatic rings. The van der Waals surface area contributed by atoms with Crippen molar-refractivity contribution in [3.63, 3.8) is 0 Å². The van der Waals surface area contributed by atoms with Gasteiger partial charge in [-0.25, -0.2) is 4.98 Å². The van der Waals surface area contributed by atoms with E-state index in [1.54, 1.807) is 25.1 Å². The van der Waals surface area contributed by atoms with E-state index in [0.717, 1.165) is 5.52 Å². The maximum atomic E-state index is 12.4. The second-order valence-electron chi connectivity index (χ2n) is 7.70. The predicted molar refractivity (Wildman–Crippen MR) is 120 cm³/mol. The number of aromatic nitrogens is 2. The van der Waals surface area contributed by atoms with E-state index in [9.17, 15) is 15.0 Å². The summed E-state index contributed by atoms with van der Waals surface area (Å²) >= 11 is 0. The summed E-state index contributed by atoms with van der Waals surface area (Å²) in [5.41, 5.74) is 1.81. The Morgan fingerprint density at radius 3 is 2.16 bits per heavy atom. The van der Waals surface area contributed by atoms with Crippen LogP contribution in [0.2, 0.25) is 0 Å². The lowest BCUT2D eigenvalue weighted by atomic mass is 9.85. The molecule has 1 atom stereocenters. The van der Waals surface area contributed by atoms with Gasteiger partial charge in [0, 0.05) is 19.2 Å². The lowest BCUT2D eigenvalue weighted by molar-refractivity contribution is 0.0924. The second kappa shape index (κ2) is 8.34. The Hall–Kier alpha value is -3.48. The maximum absolute atomic E-state index is 12.4. The van der Waals surface area contributed by atoms with Gasteiger partial charge >= 0.3 is 0 Å². The fraction of sp³-hybridized carbons (Fsp3) is 0.200. The van der Waals surface area contributed by atoms with Crippen molar-refractivity contribution in [1.82, 2.24) is 14.9 Å². The highest BCUT2D eigenvalue weighted by molar-refractivity contribution is 5.97. The molecule has 4 rings (SSSR count). The number of nitrogens with zero attached hydrogens (tertiary/aromatic N) is 2. The van der Waals surface area contributed by atoms with Crippen molar-refractivity contribution in [2.45, 2.75) is 18.6 Å². The number of benzene rings is 3. The molecule has 0 saturated heterocycles. The highest BCUT2D eigenvalue weighted by Gasteiger charge is 2.38. The Morgan fingerprint density at radius 1 is 1.03 bits per heavy atom. The minimum absolute atomic E-state index is 0.176. The Bertz CT molecular complexity index is 1160. The fourth-order valence-electron chi connectivity index (χ4n) is 3.78. The first-order valence-corrected chi connectivity index (χ1v) is 10.2. The van der Waals surface area contributed by atoms with Gasteiger partial charge in [0.05, 0.1) is 17.1 Å². The Balaban J connectivity index is 1.85. The molecule has 3 aromatic carbocycles. The number of nitrogens with one attached hydrogen (secondary N) is 1. The highest BCUT2D eigenvalue weighted by atomic mass is 16.3. The van der Waals surface area contributed by atoms with E-state index in [0.29, 0.717) is 28.0 Å². The smallest absolute Gasteiger partial charge is 0.251 e. The summed E-state index contributed by atoms with van der Waals surface area (Å²) in [6, 6.07) is 24.1. The number of hydrogen-bond acceptors (Lipinski definition) is 4. The zero-order valence-electron chi connectivity index (χ0n) is 17.5. The Morgan fingerprint density at radius 2 is 1.61 bits per heavy atom. The normalized spacial score (nSPS) is 12.6. The summed E-state index contributed by atoms with van der Waals surface area (Å²) in [5, 5.41) is 24.2. The number of aliphatic hydroxyl groups is 2. The van der Waals surface area contributed by atoms with E-state index in [2.05, 4.69) is 5.32 Å². The number of hydrogen-bond donors (Lipinski definition) is 3. The van der Waals surface area contributed by atoms with Crippen molar-refractivity contribution in [1.29, 1.82) is 0 Å². The Labute approximate surface area is 180 Å². The van der Waals surface area contributed by atoms with E-state index < -0.39 is 11.7 Å². The van der Waals surface area contributed by atoms with Crippen molar-refractivity contribution in [3.05, 3.63) is 101 Å². The zero-order valence-corrected chi connectivity index (χ0v) is 17.5. The average Bonchev–Trinajstić information content (AvgIpc) is 3.14. The minimum Gasteiger partial charge on any atom is -0.392 e. The van der Waals surface area contributed by atoms with Crippen molar-refractivity contribution >= 4 is 16.9 Å². The zero-order chi connectivity index (χ0) is 22.0. The number of aliphatic hydroxyl groups excluding tert-OH is 1. The molecule has 6 nitrogen and oxygen atoms in total. The van der Waals surface area contributed by atoms with Gasteiger partial charge in [0.25, 0.3) is 5.91 Å². The van der Waals surface area contributed by atoms with Crippen LogP contribution < -0.4 is 5.32 Å². The first-order valence-electron chi connectivity index (χ1n) is 10.2. The van der Waals surface area contributed by atoms with Gasteiger partial charge in [0.15, 0.2) is 11.4 Å². The number of carbonyl (C=O) groups excluding carboxylic acids is 1. The SMILES string of the molecule is C[C@@H](O)CNC(=O)c1ccc2nc(C(O)(c3ccccc3)c3ccccc3)n(C)c2c1. The molecule has 0 radical (unpaired) electrons. The fourth-order valence-corrected chi connectivity index (χ4v) is 3.78. The molecule has 0 aliphatic heterocycles. The van der Waals surface area contributed by atoms with E-state index in [1.807, 2.05) is 72.3 Å². The molecule has 0 aliphatic carbocycles. The molecule has 3 N–H and O–H groups in total. The third kappa shape index (κ3) is 3.83. The van der Waals surface area contributed by atoms with Crippen LogP contribution in [-0.2, 0) is 12.6 Å². The van der Waals surface area contributed by atoms with Crippen LogP contribution in [0.3, 0.4) is 0 Å². The number of imidazole rings is 1. The largest absolute Gasteiger partial charge is 0.392 e. The van der Waals surface area contributed by atoms with Gasteiger partial charge in [-0.3, -0.25) is 4.79 Å². The molecule has 158 valence electrons. The molecule has 31 heavy (non-hydrogen) atoms. The quantitative estimate of drug-likeness (QED) is 0.452. The molecule has 6 heteroatoms. The van der Waals surface area contributed by atoms with Crippen molar-refractivity contribution in [2.75, 3.05) is 6.54 Å². The number of rotatable bonds is 6. The van der Waals surface area contributed by atoms with Crippen LogP contribution in [0.25, 0.3) is 11.0 Å². The van der Waals surface area contributed by atoms with Crippen LogP contribution in [0.5, 0.6) is 0 Å². The minimum atomic E-state index is -1.47. The van der Waals surface area contributed by atoms with Crippen LogP contribution in [-0.4, -0.2) is 38.3 Å². The number of amides is 1. The number of aryl methyl sites for hydroxylation is 1. The van der Waals surface area contributed by atoms with Gasteiger partial charge in [-0.2, -0.15) is 0 Å². The number of carbonyl (C=O) groups is 1. The third-order valence-electron chi connectivity index (χ3n) is 5.41. The molecule has 0 unspecified atom stereocenters. The van der Waals surface area contributed by atoms with Crippen LogP contribution >= 0.6 is 0 Å². The molecule has 4 aromatic rings. The van der Waals surface area contributed by atoms with Gasteiger partial charge in [-0.1, -0.05) is 60.7 Å². The van der Waals surface area contributed by atoms with E-state index in [1.165, 1.54) is 0 Å². The van der Waals surface area contributed by atoms with Crippen molar-refractivity contribution in [2.24, 2.45) is 7.05 Å². The molecule has 1 aromatic heterocycles. The summed E-state index contributed by atoms with van der Waals surface area (Å²) < 4.78 is 1.82. The number of fused-ring (bicyclic) bond motifs is 1. The topological polar surface area (TPSA) is 87.4 Å². The van der Waals surface area contributed by atoms with Crippen LogP contribution in [0.15, 0.2) is 78.9 Å². The summed E-state index contributed by atoms with van der Waals surface area (Å²) in [5.74, 6) is 0.188. The van der Waals surface area contributed by atoms with Crippen molar-refractivity contribution in [3.8, 4) is 0 Å². The predicted octanol–water partition coefficient (Wildman–Crippen LogP) is 2.97. The molecular weight excluding hydrogens is 390 g/mol. The summed E-state index contributed by atoms with van der Waals surface area (Å²) in [4.78, 5) is 17.2. The monoisotopic (exact) mass is 415 g/mol. The molecule has 0 fully saturated rings. The highest BCUT2D eigenvalue weighted by Crippen LogP contribution is 2.37. The first-order chi connectivity index (χ1) is 14.9. The van der Waals surface area contributed by atoms with E-state index in [-0.39, 0.29) is 12.5 Å². The van der Waals surface area contributed by atoms with Crippen molar-refractivity contribution < 1.29 is 15.0 Å². The Kier molecular flexibility index (Phi) is 5.59. The van der Waals surface area contributed by atoms with Gasteiger partial charge in [-0.05, 0) is 36.2 Å². The maximum Gasteiger partial charge on any atom is 0.251 e. The standard InChI is InChI=1S/C25H25N3O3/c1-17(29)16-26-23(30)18-13-14-21-22(15-18)28(2)24(27-21)25(31,19-9-5-3-6-10-19)20-11-7-4-8-12-20/h3-15,17,29,31H,16H2,1-2H3,(H,26,30)/t17-/m1/s1. The van der Waals surface area contributed by atoms with Crippen LogP contribution in [0.1, 0.15) is 34.2 Å².